The van der Waals surface area contributed by atoms with E-state index >= 15 is 0 Å². The van der Waals surface area contributed by atoms with Crippen LogP contribution in [0.3, 0.4) is 0 Å². The van der Waals surface area contributed by atoms with Gasteiger partial charge in [-0.2, -0.15) is 0 Å². The molecule has 0 atom stereocenters. The molecule has 2 fully saturated rings. The van der Waals surface area contributed by atoms with Crippen molar-refractivity contribution in [1.82, 2.24) is 10.6 Å². The summed E-state index contributed by atoms with van der Waals surface area (Å²) in [7, 11) is -2.93. The van der Waals surface area contributed by atoms with Gasteiger partial charge in [-0.05, 0) is 44.4 Å². The van der Waals surface area contributed by atoms with Gasteiger partial charge in [-0.25, -0.2) is 8.42 Å². The van der Waals surface area contributed by atoms with Crippen LogP contribution in [0.15, 0.2) is 4.99 Å². The second kappa shape index (κ2) is 9.05. The fourth-order valence-electron chi connectivity index (χ4n) is 3.72. The summed E-state index contributed by atoms with van der Waals surface area (Å²) in [6, 6.07) is 0. The molecule has 0 aromatic heterocycles. The summed E-state index contributed by atoms with van der Waals surface area (Å²) in [5.74, 6) is 1.11. The average Bonchev–Trinajstić information content (AvgIpc) is 3.06. The van der Waals surface area contributed by atoms with E-state index < -0.39 is 9.84 Å². The van der Waals surface area contributed by atoms with E-state index in [9.17, 15) is 8.42 Å². The van der Waals surface area contributed by atoms with Crippen LogP contribution in [0.4, 0.5) is 0 Å². The molecule has 2 aliphatic rings. The van der Waals surface area contributed by atoms with Gasteiger partial charge in [-0.1, -0.05) is 19.8 Å². The zero-order chi connectivity index (χ0) is 17.0. The number of sulfone groups is 1. The Morgan fingerprint density at radius 3 is 2.12 bits per heavy atom. The summed E-state index contributed by atoms with van der Waals surface area (Å²) in [6.45, 7) is 6.74. The topological polar surface area (TPSA) is 70.6 Å². The van der Waals surface area contributed by atoms with Gasteiger partial charge in [-0.15, -0.1) is 24.0 Å². The van der Waals surface area contributed by atoms with Crippen LogP contribution in [0.5, 0.6) is 0 Å². The quantitative estimate of drug-likeness (QED) is 0.325. The molecule has 0 aromatic carbocycles. The van der Waals surface area contributed by atoms with E-state index in [1.165, 1.54) is 38.4 Å². The van der Waals surface area contributed by atoms with Crippen LogP contribution in [0.25, 0.3) is 0 Å². The van der Waals surface area contributed by atoms with E-state index in [0.717, 1.165) is 31.9 Å². The van der Waals surface area contributed by atoms with E-state index in [4.69, 9.17) is 0 Å². The second-order valence-electron chi connectivity index (χ2n) is 7.68. The van der Waals surface area contributed by atoms with Crippen molar-refractivity contribution < 1.29 is 8.42 Å². The largest absolute Gasteiger partial charge is 0.357 e. The van der Waals surface area contributed by atoms with Crippen LogP contribution < -0.4 is 10.6 Å². The predicted molar refractivity (Wildman–Crippen MR) is 112 cm³/mol. The summed E-state index contributed by atoms with van der Waals surface area (Å²) in [5, 5.41) is 6.81. The molecule has 0 saturated heterocycles. The number of aliphatic imine (C=N–C) groups is 1. The molecule has 0 bridgehead atoms. The van der Waals surface area contributed by atoms with E-state index in [0.29, 0.717) is 12.0 Å². The molecule has 5 nitrogen and oxygen atoms in total. The molecule has 2 N–H and O–H groups in total. The molecule has 0 radical (unpaired) electrons. The number of hydrogen-bond acceptors (Lipinski definition) is 3. The van der Waals surface area contributed by atoms with E-state index in [1.807, 2.05) is 0 Å². The van der Waals surface area contributed by atoms with Crippen molar-refractivity contribution in [2.24, 2.45) is 15.8 Å². The minimum Gasteiger partial charge on any atom is -0.357 e. The molecule has 7 heteroatoms. The van der Waals surface area contributed by atoms with Gasteiger partial charge in [0.2, 0.25) is 0 Å². The molecular weight excluding hydrogens is 437 g/mol. The lowest BCUT2D eigenvalue weighted by Gasteiger charge is -2.28. The zero-order valence-electron chi connectivity index (χ0n) is 15.4. The Kier molecular flexibility index (Phi) is 8.29. The van der Waals surface area contributed by atoms with Crippen molar-refractivity contribution in [3.8, 4) is 0 Å². The summed E-state index contributed by atoms with van der Waals surface area (Å²) in [5.41, 5.74) is 0.311. The molecular formula is C17H34IN3O2S. The molecule has 0 heterocycles. The molecule has 142 valence electrons. The maximum absolute atomic E-state index is 11.6. The highest BCUT2D eigenvalue weighted by atomic mass is 127. The fourth-order valence-corrected chi connectivity index (χ4v) is 5.21. The Labute approximate surface area is 164 Å². The smallest absolute Gasteiger partial charge is 0.191 e. The summed E-state index contributed by atoms with van der Waals surface area (Å²) in [4.78, 5) is 4.69. The van der Waals surface area contributed by atoms with Gasteiger partial charge in [0.1, 0.15) is 9.84 Å². The van der Waals surface area contributed by atoms with Crippen LogP contribution in [0, 0.1) is 10.8 Å². The Balaban J connectivity index is 0.00000288. The van der Waals surface area contributed by atoms with Crippen LogP contribution in [0.1, 0.15) is 58.8 Å². The number of hydrogen-bond donors (Lipinski definition) is 2. The standard InChI is InChI=1S/C17H33N3O2S.HI/c1-4-16(8-6-7-9-16)12-19-15(18-5-2)20-13-17(10-11-17)14-23(3,21)22;/h4-14H2,1-3H3,(H2,18,19,20);1H. The van der Waals surface area contributed by atoms with E-state index in [1.54, 1.807) is 0 Å². The van der Waals surface area contributed by atoms with Crippen molar-refractivity contribution in [2.75, 3.05) is 31.6 Å². The monoisotopic (exact) mass is 471 g/mol. The molecule has 0 aliphatic heterocycles. The third-order valence-electron chi connectivity index (χ3n) is 5.49. The van der Waals surface area contributed by atoms with Gasteiger partial charge in [0.05, 0.1) is 5.75 Å². The highest BCUT2D eigenvalue weighted by molar-refractivity contribution is 14.0. The summed E-state index contributed by atoms with van der Waals surface area (Å²) < 4.78 is 23.1. The van der Waals surface area contributed by atoms with Crippen molar-refractivity contribution in [1.29, 1.82) is 0 Å². The van der Waals surface area contributed by atoms with Gasteiger partial charge in [0, 0.05) is 31.3 Å². The lowest BCUT2D eigenvalue weighted by atomic mass is 9.83. The minimum absolute atomic E-state index is 0. The van der Waals surface area contributed by atoms with Crippen molar-refractivity contribution >= 4 is 39.8 Å². The summed E-state index contributed by atoms with van der Waals surface area (Å²) in [6.07, 6.45) is 9.75. The average molecular weight is 471 g/mol. The third-order valence-corrected chi connectivity index (χ3v) is 6.62. The first kappa shape index (κ1) is 22.0. The van der Waals surface area contributed by atoms with Gasteiger partial charge >= 0.3 is 0 Å². The first-order valence-corrected chi connectivity index (χ1v) is 11.1. The number of nitrogens with one attached hydrogen (secondary N) is 2. The van der Waals surface area contributed by atoms with Crippen LogP contribution >= 0.6 is 24.0 Å². The lowest BCUT2D eigenvalue weighted by molar-refractivity contribution is 0.283. The van der Waals surface area contributed by atoms with Crippen molar-refractivity contribution in [3.63, 3.8) is 0 Å². The molecule has 0 amide bonds. The molecule has 0 aromatic rings. The van der Waals surface area contributed by atoms with Gasteiger partial charge < -0.3 is 10.6 Å². The van der Waals surface area contributed by atoms with Gasteiger partial charge in [0.15, 0.2) is 5.96 Å². The van der Waals surface area contributed by atoms with Gasteiger partial charge in [-0.3, -0.25) is 4.99 Å². The molecule has 2 rings (SSSR count). The Morgan fingerprint density at radius 1 is 1.04 bits per heavy atom. The molecule has 2 saturated carbocycles. The van der Waals surface area contributed by atoms with Crippen LogP contribution in [-0.2, 0) is 9.84 Å². The predicted octanol–water partition coefficient (Wildman–Crippen LogP) is 2.95. The summed E-state index contributed by atoms with van der Waals surface area (Å²) >= 11 is 0. The van der Waals surface area contributed by atoms with Gasteiger partial charge in [0.25, 0.3) is 0 Å². The van der Waals surface area contributed by atoms with E-state index in [-0.39, 0.29) is 35.1 Å². The first-order chi connectivity index (χ1) is 10.8. The maximum Gasteiger partial charge on any atom is 0.191 e. The molecule has 0 spiro atoms. The Morgan fingerprint density at radius 2 is 1.67 bits per heavy atom. The minimum atomic E-state index is -2.93. The SMILES string of the molecule is CCNC(=NCC1(CS(C)(=O)=O)CC1)NCC1(CC)CCCC1.I. The number of guanidine groups is 1. The van der Waals surface area contributed by atoms with Crippen molar-refractivity contribution in [2.45, 2.75) is 58.8 Å². The highest BCUT2D eigenvalue weighted by Crippen LogP contribution is 2.47. The molecule has 24 heavy (non-hydrogen) atoms. The fraction of sp³-hybridized carbons (Fsp3) is 0.941. The maximum atomic E-state index is 11.6. The third kappa shape index (κ3) is 6.69. The lowest BCUT2D eigenvalue weighted by Crippen LogP contribution is -2.43. The number of halogens is 1. The molecule has 0 unspecified atom stereocenters. The number of rotatable bonds is 8. The Hall–Kier alpha value is -0.0500. The van der Waals surface area contributed by atoms with E-state index in [2.05, 4.69) is 29.5 Å². The second-order valence-corrected chi connectivity index (χ2v) is 9.82. The first-order valence-electron chi connectivity index (χ1n) is 9.02. The Bertz CT molecular complexity index is 524. The zero-order valence-corrected chi connectivity index (χ0v) is 18.5. The highest BCUT2D eigenvalue weighted by Gasteiger charge is 2.45. The number of nitrogens with zero attached hydrogens (tertiary/aromatic N) is 1. The van der Waals surface area contributed by atoms with Crippen molar-refractivity contribution in [3.05, 3.63) is 0 Å². The van der Waals surface area contributed by atoms with Crippen LogP contribution in [0.2, 0.25) is 0 Å². The normalized spacial score (nSPS) is 21.9. The van der Waals surface area contributed by atoms with Crippen LogP contribution in [-0.4, -0.2) is 46.0 Å². The molecule has 2 aliphatic carbocycles.